The summed E-state index contributed by atoms with van der Waals surface area (Å²) in [5, 5.41) is 36.1. The van der Waals surface area contributed by atoms with Crippen molar-refractivity contribution in [1.82, 2.24) is 20.8 Å². The average molecular weight is 546 g/mol. The van der Waals surface area contributed by atoms with Gasteiger partial charge in [-0.15, -0.1) is 5.10 Å². The van der Waals surface area contributed by atoms with Gasteiger partial charge in [0.15, 0.2) is 0 Å². The second-order valence-electron chi connectivity index (χ2n) is 9.57. The monoisotopic (exact) mass is 545 g/mol. The second-order valence-corrected chi connectivity index (χ2v) is 9.57. The third kappa shape index (κ3) is 7.89. The number of anilines is 2. The Morgan fingerprint density at radius 3 is 2.35 bits per heavy atom. The van der Waals surface area contributed by atoms with Gasteiger partial charge in [-0.3, -0.25) is 0 Å². The molecule has 0 aliphatic heterocycles. The van der Waals surface area contributed by atoms with Crippen molar-refractivity contribution in [3.8, 4) is 28.3 Å². The molecular weight excluding hydrogens is 506 g/mol. The van der Waals surface area contributed by atoms with Crippen molar-refractivity contribution in [1.29, 1.82) is 0 Å². The van der Waals surface area contributed by atoms with E-state index in [9.17, 15) is 0 Å². The molecule has 1 aromatic heterocycles. The van der Waals surface area contributed by atoms with Crippen molar-refractivity contribution in [3.05, 3.63) is 77.4 Å². The highest BCUT2D eigenvalue weighted by molar-refractivity contribution is 5.78. The topological polar surface area (TPSA) is 125 Å². The van der Waals surface area contributed by atoms with Crippen LogP contribution >= 0.6 is 0 Å². The van der Waals surface area contributed by atoms with Gasteiger partial charge in [-0.25, -0.2) is 0 Å². The number of hydrogen-bond acceptors (Lipinski definition) is 9. The lowest BCUT2D eigenvalue weighted by Gasteiger charge is -2.15. The predicted octanol–water partition coefficient (Wildman–Crippen LogP) is 4.59. The van der Waals surface area contributed by atoms with Crippen LogP contribution in [-0.4, -0.2) is 59.9 Å². The summed E-state index contributed by atoms with van der Waals surface area (Å²) in [7, 11) is 0. The Morgan fingerprint density at radius 1 is 0.775 bits per heavy atom. The summed E-state index contributed by atoms with van der Waals surface area (Å²) in [6.07, 6.45) is 1.66. The standard InChI is InChI=1S/C31H39N5O4/c1-22-26(27-11-5-13-29(23(27)2)39-19-7-15-32-14-6-17-37)10-4-12-28(22)30-35-36-31(40-30)34-25-9-3-8-24(20-25)21-33-16-18-38/h3-5,8-13,20,32-33,37-38H,6-7,14-19,21H2,1-2H3,(H,34,36). The van der Waals surface area contributed by atoms with Crippen LogP contribution in [0.15, 0.2) is 65.1 Å². The highest BCUT2D eigenvalue weighted by Gasteiger charge is 2.16. The molecular formula is C31H39N5O4. The first-order valence-corrected chi connectivity index (χ1v) is 13.8. The van der Waals surface area contributed by atoms with Crippen LogP contribution in [0.25, 0.3) is 22.6 Å². The molecule has 9 heteroatoms. The van der Waals surface area contributed by atoms with Crippen LogP contribution < -0.4 is 20.7 Å². The zero-order valence-electron chi connectivity index (χ0n) is 23.2. The number of nitrogens with zero attached hydrogens (tertiary/aromatic N) is 2. The Kier molecular flexibility index (Phi) is 11.1. The molecule has 0 atom stereocenters. The number of ether oxygens (including phenoxy) is 1. The molecule has 212 valence electrons. The molecule has 0 amide bonds. The van der Waals surface area contributed by atoms with E-state index in [1.54, 1.807) is 0 Å². The molecule has 0 aliphatic rings. The summed E-state index contributed by atoms with van der Waals surface area (Å²) in [6, 6.07) is 20.5. The quantitative estimate of drug-likeness (QED) is 0.129. The van der Waals surface area contributed by atoms with Crippen molar-refractivity contribution in [3.63, 3.8) is 0 Å². The third-order valence-corrected chi connectivity index (χ3v) is 6.63. The van der Waals surface area contributed by atoms with Crippen LogP contribution in [0.4, 0.5) is 11.7 Å². The molecule has 1 heterocycles. The van der Waals surface area contributed by atoms with Crippen LogP contribution in [-0.2, 0) is 6.54 Å². The molecule has 9 nitrogen and oxygen atoms in total. The number of rotatable bonds is 16. The Bertz CT molecular complexity index is 1360. The van der Waals surface area contributed by atoms with Crippen molar-refractivity contribution < 1.29 is 19.4 Å². The van der Waals surface area contributed by atoms with E-state index in [4.69, 9.17) is 19.4 Å². The normalized spacial score (nSPS) is 11.1. The molecule has 4 rings (SSSR count). The average Bonchev–Trinajstić information content (AvgIpc) is 3.42. The molecule has 0 radical (unpaired) electrons. The first kappa shape index (κ1) is 29.2. The minimum absolute atomic E-state index is 0.104. The van der Waals surface area contributed by atoms with E-state index >= 15 is 0 Å². The molecule has 0 aliphatic carbocycles. The molecule has 0 bridgehead atoms. The van der Waals surface area contributed by atoms with Crippen LogP contribution in [0.5, 0.6) is 5.75 Å². The molecule has 5 N–H and O–H groups in total. The molecule has 0 unspecified atom stereocenters. The molecule has 4 aromatic rings. The van der Waals surface area contributed by atoms with E-state index in [2.05, 4.69) is 52.1 Å². The number of benzene rings is 3. The number of hydrogen-bond donors (Lipinski definition) is 5. The Morgan fingerprint density at radius 2 is 1.52 bits per heavy atom. The maximum Gasteiger partial charge on any atom is 0.320 e. The Labute approximate surface area is 235 Å². The first-order chi connectivity index (χ1) is 19.6. The van der Waals surface area contributed by atoms with E-state index in [-0.39, 0.29) is 13.2 Å². The van der Waals surface area contributed by atoms with E-state index in [0.29, 0.717) is 31.6 Å². The summed E-state index contributed by atoms with van der Waals surface area (Å²) in [4.78, 5) is 0. The Hall–Kier alpha value is -3.76. The van der Waals surface area contributed by atoms with Gasteiger partial charge in [-0.2, -0.15) is 0 Å². The summed E-state index contributed by atoms with van der Waals surface area (Å²) >= 11 is 0. The van der Waals surface area contributed by atoms with Gasteiger partial charge >= 0.3 is 6.01 Å². The third-order valence-electron chi connectivity index (χ3n) is 6.63. The van der Waals surface area contributed by atoms with E-state index in [1.807, 2.05) is 48.5 Å². The highest BCUT2D eigenvalue weighted by atomic mass is 16.5. The summed E-state index contributed by atoms with van der Waals surface area (Å²) < 4.78 is 12.1. The summed E-state index contributed by atoms with van der Waals surface area (Å²) in [5.74, 6) is 1.32. The molecule has 3 aromatic carbocycles. The first-order valence-electron chi connectivity index (χ1n) is 13.8. The van der Waals surface area contributed by atoms with E-state index in [0.717, 1.165) is 70.7 Å². The van der Waals surface area contributed by atoms with Crippen molar-refractivity contribution in [2.75, 3.05) is 44.8 Å². The van der Waals surface area contributed by atoms with Gasteiger partial charge in [0.25, 0.3) is 0 Å². The summed E-state index contributed by atoms with van der Waals surface area (Å²) in [6.45, 7) is 7.96. The number of aromatic nitrogens is 2. The SMILES string of the molecule is Cc1c(OCCCNCCCO)cccc1-c1cccc(-c2nnc(Nc3cccc(CNCCO)c3)o2)c1C. The largest absolute Gasteiger partial charge is 0.493 e. The van der Waals surface area contributed by atoms with Gasteiger partial charge in [0.05, 0.1) is 13.2 Å². The maximum atomic E-state index is 8.97. The fraction of sp³-hybridized carbons (Fsp3) is 0.355. The molecule has 40 heavy (non-hydrogen) atoms. The lowest BCUT2D eigenvalue weighted by molar-refractivity contribution is 0.282. The smallest absolute Gasteiger partial charge is 0.320 e. The van der Waals surface area contributed by atoms with Gasteiger partial charge in [0.2, 0.25) is 5.89 Å². The van der Waals surface area contributed by atoms with Crippen LogP contribution in [0.2, 0.25) is 0 Å². The van der Waals surface area contributed by atoms with Crippen LogP contribution in [0.3, 0.4) is 0 Å². The predicted molar refractivity (Wildman–Crippen MR) is 158 cm³/mol. The number of aliphatic hydroxyl groups excluding tert-OH is 2. The van der Waals surface area contributed by atoms with Gasteiger partial charge in [0, 0.05) is 30.9 Å². The number of nitrogens with one attached hydrogen (secondary N) is 3. The molecule has 0 spiro atoms. The van der Waals surface area contributed by atoms with Crippen LogP contribution in [0.1, 0.15) is 29.5 Å². The fourth-order valence-corrected chi connectivity index (χ4v) is 4.51. The molecule has 0 fully saturated rings. The maximum absolute atomic E-state index is 8.97. The lowest BCUT2D eigenvalue weighted by atomic mass is 9.93. The van der Waals surface area contributed by atoms with Gasteiger partial charge < -0.3 is 35.3 Å². The van der Waals surface area contributed by atoms with E-state index in [1.165, 1.54) is 0 Å². The second kappa shape index (κ2) is 15.1. The van der Waals surface area contributed by atoms with Crippen molar-refractivity contribution in [2.24, 2.45) is 0 Å². The van der Waals surface area contributed by atoms with Gasteiger partial charge in [-0.05, 0) is 91.9 Å². The highest BCUT2D eigenvalue weighted by Crippen LogP contribution is 2.36. The zero-order valence-corrected chi connectivity index (χ0v) is 23.2. The molecule has 0 saturated heterocycles. The van der Waals surface area contributed by atoms with Gasteiger partial charge in [0.1, 0.15) is 5.75 Å². The fourth-order valence-electron chi connectivity index (χ4n) is 4.51. The lowest BCUT2D eigenvalue weighted by Crippen LogP contribution is -2.19. The summed E-state index contributed by atoms with van der Waals surface area (Å²) in [5.41, 5.74) is 7.11. The van der Waals surface area contributed by atoms with E-state index < -0.39 is 0 Å². The Balaban J connectivity index is 1.45. The van der Waals surface area contributed by atoms with Gasteiger partial charge in [-0.1, -0.05) is 41.5 Å². The zero-order chi connectivity index (χ0) is 28.2. The van der Waals surface area contributed by atoms with Crippen molar-refractivity contribution >= 4 is 11.7 Å². The van der Waals surface area contributed by atoms with Crippen LogP contribution in [0, 0.1) is 13.8 Å². The minimum Gasteiger partial charge on any atom is -0.493 e. The molecule has 0 saturated carbocycles. The minimum atomic E-state index is 0.104. The van der Waals surface area contributed by atoms with Crippen molar-refractivity contribution in [2.45, 2.75) is 33.2 Å². The number of aliphatic hydroxyl groups is 2.